The van der Waals surface area contributed by atoms with E-state index in [0.29, 0.717) is 5.56 Å². The zero-order valence-corrected chi connectivity index (χ0v) is 11.1. The van der Waals surface area contributed by atoms with Crippen LogP contribution in [0.1, 0.15) is 30.4 Å². The summed E-state index contributed by atoms with van der Waals surface area (Å²) < 4.78 is 40.4. The van der Waals surface area contributed by atoms with Crippen LogP contribution in [-0.2, 0) is 16.6 Å². The Morgan fingerprint density at radius 1 is 1.44 bits per heavy atom. The van der Waals surface area contributed by atoms with Gasteiger partial charge in [0.1, 0.15) is 5.82 Å². The average molecular weight is 272 g/mol. The largest absolute Gasteiger partial charge is 0.326 e. The molecule has 1 aromatic carbocycles. The lowest BCUT2D eigenvalue weighted by Gasteiger charge is -2.26. The van der Waals surface area contributed by atoms with Crippen molar-refractivity contribution >= 4 is 10.0 Å². The van der Waals surface area contributed by atoms with Crippen LogP contribution in [0.15, 0.2) is 17.0 Å². The van der Waals surface area contributed by atoms with Gasteiger partial charge in [-0.15, -0.1) is 0 Å². The Morgan fingerprint density at radius 3 is 2.61 bits per heavy atom. The van der Waals surface area contributed by atoms with Crippen LogP contribution in [0.2, 0.25) is 0 Å². The van der Waals surface area contributed by atoms with Crippen LogP contribution >= 0.6 is 0 Å². The standard InChI is InChI=1S/C12H17FN2O2S/c1-8-5-11(6-9(7-14)12(8)13)18(16,17)15-10-3-2-4-10/h5-6,10,15H,2-4,7,14H2,1H3. The highest BCUT2D eigenvalue weighted by Gasteiger charge is 2.25. The number of aryl methyl sites for hydroxylation is 1. The van der Waals surface area contributed by atoms with Crippen molar-refractivity contribution in [1.82, 2.24) is 4.72 Å². The molecule has 18 heavy (non-hydrogen) atoms. The van der Waals surface area contributed by atoms with E-state index in [9.17, 15) is 12.8 Å². The monoisotopic (exact) mass is 272 g/mol. The number of nitrogens with two attached hydrogens (primary N) is 1. The van der Waals surface area contributed by atoms with Crippen molar-refractivity contribution in [1.29, 1.82) is 0 Å². The molecule has 0 atom stereocenters. The summed E-state index contributed by atoms with van der Waals surface area (Å²) in [5, 5.41) is 0. The van der Waals surface area contributed by atoms with Crippen LogP contribution in [0.4, 0.5) is 4.39 Å². The molecule has 1 aliphatic carbocycles. The Bertz CT molecular complexity index is 553. The lowest BCUT2D eigenvalue weighted by molar-refractivity contribution is 0.383. The third kappa shape index (κ3) is 2.55. The highest BCUT2D eigenvalue weighted by atomic mass is 32.2. The minimum Gasteiger partial charge on any atom is -0.326 e. The average Bonchev–Trinajstić information content (AvgIpc) is 2.27. The third-order valence-electron chi connectivity index (χ3n) is 3.26. The summed E-state index contributed by atoms with van der Waals surface area (Å²) in [5.74, 6) is -0.430. The van der Waals surface area contributed by atoms with E-state index in [2.05, 4.69) is 4.72 Å². The first-order valence-corrected chi connectivity index (χ1v) is 7.44. The molecular weight excluding hydrogens is 255 g/mol. The van der Waals surface area contributed by atoms with E-state index in [1.807, 2.05) is 0 Å². The van der Waals surface area contributed by atoms with Crippen LogP contribution in [0.25, 0.3) is 0 Å². The minimum absolute atomic E-state index is 0.0144. The molecule has 0 amide bonds. The van der Waals surface area contributed by atoms with Gasteiger partial charge in [0.05, 0.1) is 4.90 Å². The molecule has 100 valence electrons. The Kier molecular flexibility index (Phi) is 3.70. The molecule has 0 aliphatic heterocycles. The topological polar surface area (TPSA) is 72.2 Å². The second-order valence-electron chi connectivity index (χ2n) is 4.67. The second kappa shape index (κ2) is 4.95. The Labute approximate surface area is 106 Å². The van der Waals surface area contributed by atoms with Crippen LogP contribution in [-0.4, -0.2) is 14.5 Å². The number of hydrogen-bond acceptors (Lipinski definition) is 3. The fourth-order valence-electron chi connectivity index (χ4n) is 1.92. The summed E-state index contributed by atoms with van der Waals surface area (Å²) in [5.41, 5.74) is 5.94. The first kappa shape index (κ1) is 13.5. The van der Waals surface area contributed by atoms with Gasteiger partial charge in [-0.2, -0.15) is 0 Å². The van der Waals surface area contributed by atoms with E-state index in [-0.39, 0.29) is 23.0 Å². The molecule has 6 heteroatoms. The quantitative estimate of drug-likeness (QED) is 0.870. The number of rotatable bonds is 4. The fraction of sp³-hybridized carbons (Fsp3) is 0.500. The van der Waals surface area contributed by atoms with Gasteiger partial charge in [-0.3, -0.25) is 0 Å². The number of benzene rings is 1. The van der Waals surface area contributed by atoms with Gasteiger partial charge in [-0.05, 0) is 37.5 Å². The molecule has 1 aliphatic rings. The Morgan fingerprint density at radius 2 is 2.11 bits per heavy atom. The Hall–Kier alpha value is -0.980. The molecule has 4 nitrogen and oxygen atoms in total. The van der Waals surface area contributed by atoms with Gasteiger partial charge in [0.2, 0.25) is 10.0 Å². The Balaban J connectivity index is 2.34. The summed E-state index contributed by atoms with van der Waals surface area (Å²) in [7, 11) is -3.56. The van der Waals surface area contributed by atoms with Crippen molar-refractivity contribution in [3.05, 3.63) is 29.1 Å². The molecule has 0 unspecified atom stereocenters. The van der Waals surface area contributed by atoms with Crippen LogP contribution in [0.3, 0.4) is 0 Å². The molecule has 1 fully saturated rings. The molecule has 3 N–H and O–H groups in total. The highest BCUT2D eigenvalue weighted by molar-refractivity contribution is 7.89. The maximum absolute atomic E-state index is 13.6. The summed E-state index contributed by atoms with van der Waals surface area (Å²) in [6.45, 7) is 1.52. The molecule has 0 heterocycles. The molecule has 0 spiro atoms. The van der Waals surface area contributed by atoms with Crippen LogP contribution in [0, 0.1) is 12.7 Å². The van der Waals surface area contributed by atoms with E-state index >= 15 is 0 Å². The van der Waals surface area contributed by atoms with Gasteiger partial charge in [-0.25, -0.2) is 17.5 Å². The molecule has 0 bridgehead atoms. The minimum atomic E-state index is -3.56. The van der Waals surface area contributed by atoms with E-state index < -0.39 is 15.8 Å². The zero-order chi connectivity index (χ0) is 13.3. The smallest absolute Gasteiger partial charge is 0.240 e. The molecule has 1 saturated carbocycles. The second-order valence-corrected chi connectivity index (χ2v) is 6.38. The van der Waals surface area contributed by atoms with Crippen LogP contribution < -0.4 is 10.5 Å². The molecule has 0 aromatic heterocycles. The predicted octanol–water partition coefficient (Wildman–Crippen LogP) is 1.42. The van der Waals surface area contributed by atoms with Gasteiger partial charge in [0.15, 0.2) is 0 Å². The third-order valence-corrected chi connectivity index (χ3v) is 4.76. The van der Waals surface area contributed by atoms with Gasteiger partial charge in [0, 0.05) is 18.2 Å². The highest BCUT2D eigenvalue weighted by Crippen LogP contribution is 2.23. The fourth-order valence-corrected chi connectivity index (χ4v) is 3.36. The summed E-state index contributed by atoms with van der Waals surface area (Å²) in [6, 6.07) is 2.67. The van der Waals surface area contributed by atoms with E-state index in [1.54, 1.807) is 0 Å². The molecule has 1 aromatic rings. The lowest BCUT2D eigenvalue weighted by Crippen LogP contribution is -2.39. The molecule has 0 saturated heterocycles. The maximum Gasteiger partial charge on any atom is 0.240 e. The number of nitrogens with one attached hydrogen (secondary N) is 1. The van der Waals surface area contributed by atoms with Crippen molar-refractivity contribution < 1.29 is 12.8 Å². The van der Waals surface area contributed by atoms with Gasteiger partial charge < -0.3 is 5.73 Å². The molecular formula is C12H17FN2O2S. The molecule has 2 rings (SSSR count). The number of sulfonamides is 1. The summed E-state index contributed by atoms with van der Waals surface area (Å²) in [6.07, 6.45) is 2.77. The van der Waals surface area contributed by atoms with E-state index in [4.69, 9.17) is 5.73 Å². The first-order chi connectivity index (χ1) is 8.44. The van der Waals surface area contributed by atoms with E-state index in [1.165, 1.54) is 19.1 Å². The van der Waals surface area contributed by atoms with Gasteiger partial charge >= 0.3 is 0 Å². The van der Waals surface area contributed by atoms with Gasteiger partial charge in [-0.1, -0.05) is 6.42 Å². The molecule has 0 radical (unpaired) electrons. The lowest BCUT2D eigenvalue weighted by atomic mass is 9.94. The SMILES string of the molecule is Cc1cc(S(=O)(=O)NC2CCC2)cc(CN)c1F. The maximum atomic E-state index is 13.6. The van der Waals surface area contributed by atoms with Crippen molar-refractivity contribution in [2.45, 2.75) is 43.7 Å². The van der Waals surface area contributed by atoms with Crippen molar-refractivity contribution in [2.24, 2.45) is 5.73 Å². The van der Waals surface area contributed by atoms with Gasteiger partial charge in [0.25, 0.3) is 0 Å². The van der Waals surface area contributed by atoms with Crippen molar-refractivity contribution in [3.8, 4) is 0 Å². The van der Waals surface area contributed by atoms with Crippen molar-refractivity contribution in [3.63, 3.8) is 0 Å². The zero-order valence-electron chi connectivity index (χ0n) is 10.2. The summed E-state index contributed by atoms with van der Waals surface area (Å²) >= 11 is 0. The number of halogens is 1. The van der Waals surface area contributed by atoms with E-state index in [0.717, 1.165) is 19.3 Å². The normalized spacial score (nSPS) is 16.6. The predicted molar refractivity (Wildman–Crippen MR) is 67.0 cm³/mol. The number of hydrogen-bond donors (Lipinski definition) is 2. The van der Waals surface area contributed by atoms with Crippen molar-refractivity contribution in [2.75, 3.05) is 0 Å². The van der Waals surface area contributed by atoms with Crippen LogP contribution in [0.5, 0.6) is 0 Å². The first-order valence-electron chi connectivity index (χ1n) is 5.95. The summed E-state index contributed by atoms with van der Waals surface area (Å²) in [4.78, 5) is 0.0914.